The molecule has 1 aliphatic heterocycles. The van der Waals surface area contributed by atoms with E-state index in [-0.39, 0.29) is 5.78 Å². The normalized spacial score (nSPS) is 18.2. The summed E-state index contributed by atoms with van der Waals surface area (Å²) >= 11 is 0. The average molecular weight is 250 g/mol. The van der Waals surface area contributed by atoms with Crippen LogP contribution in [0.2, 0.25) is 0 Å². The fourth-order valence-corrected chi connectivity index (χ4v) is 2.60. The highest BCUT2D eigenvalue weighted by Gasteiger charge is 2.21. The van der Waals surface area contributed by atoms with E-state index in [1.807, 2.05) is 19.9 Å². The van der Waals surface area contributed by atoms with E-state index in [1.54, 1.807) is 7.11 Å². The van der Waals surface area contributed by atoms with Gasteiger partial charge >= 0.3 is 0 Å². The maximum absolute atomic E-state index is 12.2. The van der Waals surface area contributed by atoms with Crippen molar-refractivity contribution in [2.45, 2.75) is 32.8 Å². The Morgan fingerprint density at radius 2 is 2.11 bits per heavy atom. The Bertz CT molecular complexity index is 417. The minimum Gasteiger partial charge on any atom is -0.381 e. The number of nitrogens with one attached hydrogen (secondary N) is 1. The number of rotatable bonds is 4. The molecule has 1 N–H and O–H groups in total. The van der Waals surface area contributed by atoms with Gasteiger partial charge in [-0.2, -0.15) is 0 Å². The highest BCUT2D eigenvalue weighted by molar-refractivity contribution is 5.98. The Kier molecular flexibility index (Phi) is 4.19. The maximum Gasteiger partial charge on any atom is 0.178 e. The molecule has 1 aromatic rings. The van der Waals surface area contributed by atoms with Crippen molar-refractivity contribution in [2.24, 2.45) is 0 Å². The number of aryl methyl sites for hydroxylation is 2. The molecule has 100 valence electrons. The fourth-order valence-electron chi connectivity index (χ4n) is 2.60. The molecule has 0 saturated carbocycles. The van der Waals surface area contributed by atoms with Gasteiger partial charge in [0, 0.05) is 37.2 Å². The first kappa shape index (κ1) is 13.3. The van der Waals surface area contributed by atoms with Gasteiger partial charge in [-0.3, -0.25) is 9.69 Å². The highest BCUT2D eigenvalue weighted by atomic mass is 16.5. The summed E-state index contributed by atoms with van der Waals surface area (Å²) in [5, 5.41) is 0. The summed E-state index contributed by atoms with van der Waals surface area (Å²) in [4.78, 5) is 17.6. The third-order valence-electron chi connectivity index (χ3n) is 3.69. The number of H-pyrrole nitrogens is 1. The second kappa shape index (κ2) is 5.67. The van der Waals surface area contributed by atoms with Gasteiger partial charge in [-0.1, -0.05) is 0 Å². The first-order valence-corrected chi connectivity index (χ1v) is 6.54. The molecule has 2 rings (SSSR count). The summed E-state index contributed by atoms with van der Waals surface area (Å²) in [6.45, 7) is 6.36. The lowest BCUT2D eigenvalue weighted by Crippen LogP contribution is -2.39. The minimum atomic E-state index is 0.215. The van der Waals surface area contributed by atoms with Crippen molar-refractivity contribution in [3.63, 3.8) is 0 Å². The van der Waals surface area contributed by atoms with Gasteiger partial charge in [0.2, 0.25) is 0 Å². The number of carbonyl (C=O) groups excluding carboxylic acids is 1. The van der Waals surface area contributed by atoms with Crippen LogP contribution in [-0.2, 0) is 4.74 Å². The average Bonchev–Trinajstić information content (AvgIpc) is 2.69. The number of hydrogen-bond donors (Lipinski definition) is 1. The van der Waals surface area contributed by atoms with Crippen LogP contribution in [0.5, 0.6) is 0 Å². The number of ketones is 1. The molecule has 0 spiro atoms. The van der Waals surface area contributed by atoms with Gasteiger partial charge in [-0.15, -0.1) is 0 Å². The summed E-state index contributed by atoms with van der Waals surface area (Å²) in [6.07, 6.45) is 2.41. The third-order valence-corrected chi connectivity index (χ3v) is 3.69. The van der Waals surface area contributed by atoms with Crippen LogP contribution in [0.25, 0.3) is 0 Å². The molecule has 18 heavy (non-hydrogen) atoms. The zero-order valence-electron chi connectivity index (χ0n) is 11.5. The monoisotopic (exact) mass is 250 g/mol. The minimum absolute atomic E-state index is 0.215. The smallest absolute Gasteiger partial charge is 0.178 e. The number of ether oxygens (including phenoxy) is 1. The molecule has 0 radical (unpaired) electrons. The molecule has 0 aromatic carbocycles. The summed E-state index contributed by atoms with van der Waals surface area (Å²) < 4.78 is 5.33. The van der Waals surface area contributed by atoms with Gasteiger partial charge in [-0.25, -0.2) is 0 Å². The van der Waals surface area contributed by atoms with Gasteiger partial charge in [0.15, 0.2) is 5.78 Å². The summed E-state index contributed by atoms with van der Waals surface area (Å²) in [7, 11) is 1.76. The van der Waals surface area contributed by atoms with Crippen molar-refractivity contribution >= 4 is 5.78 Å². The van der Waals surface area contributed by atoms with E-state index in [9.17, 15) is 4.79 Å². The zero-order chi connectivity index (χ0) is 13.1. The predicted molar refractivity (Wildman–Crippen MR) is 71.1 cm³/mol. The number of Topliss-reactive ketones (excluding diaryl/α,β-unsaturated/α-hetero) is 1. The van der Waals surface area contributed by atoms with Crippen molar-refractivity contribution in [1.82, 2.24) is 9.88 Å². The Morgan fingerprint density at radius 1 is 1.44 bits per heavy atom. The number of aromatic nitrogens is 1. The van der Waals surface area contributed by atoms with Gasteiger partial charge < -0.3 is 9.72 Å². The van der Waals surface area contributed by atoms with Crippen LogP contribution < -0.4 is 0 Å². The largest absolute Gasteiger partial charge is 0.381 e. The number of carbonyl (C=O) groups is 1. The molecule has 0 atom stereocenters. The number of likely N-dealkylation sites (tertiary alicyclic amines) is 1. The molecule has 1 fully saturated rings. The van der Waals surface area contributed by atoms with Crippen LogP contribution in [0.1, 0.15) is 34.6 Å². The van der Waals surface area contributed by atoms with E-state index >= 15 is 0 Å². The van der Waals surface area contributed by atoms with Gasteiger partial charge in [0.1, 0.15) is 0 Å². The van der Waals surface area contributed by atoms with Crippen molar-refractivity contribution < 1.29 is 9.53 Å². The van der Waals surface area contributed by atoms with E-state index in [1.165, 1.54) is 0 Å². The molecule has 2 heterocycles. The highest BCUT2D eigenvalue weighted by Crippen LogP contribution is 2.15. The van der Waals surface area contributed by atoms with Crippen LogP contribution in [-0.4, -0.2) is 48.5 Å². The Hall–Kier alpha value is -1.13. The van der Waals surface area contributed by atoms with E-state index in [2.05, 4.69) is 9.88 Å². The maximum atomic E-state index is 12.2. The zero-order valence-corrected chi connectivity index (χ0v) is 11.5. The molecule has 4 heteroatoms. The van der Waals surface area contributed by atoms with Crippen molar-refractivity contribution in [1.29, 1.82) is 0 Å². The number of methoxy groups -OCH3 is 1. The van der Waals surface area contributed by atoms with Crippen LogP contribution >= 0.6 is 0 Å². The van der Waals surface area contributed by atoms with Gasteiger partial charge in [0.05, 0.1) is 12.6 Å². The Morgan fingerprint density at radius 3 is 2.61 bits per heavy atom. The van der Waals surface area contributed by atoms with Gasteiger partial charge in [-0.05, 0) is 32.8 Å². The molecule has 1 saturated heterocycles. The number of piperidine rings is 1. The SMILES string of the molecule is COC1CCN(CC(=O)c2cc(C)[nH]c2C)CC1. The standard InChI is InChI=1S/C14H22N2O2/c1-10-8-13(11(2)15-10)14(17)9-16-6-4-12(18-3)5-7-16/h8,12,15H,4-7,9H2,1-3H3. The Balaban J connectivity index is 1.90. The van der Waals surface area contributed by atoms with E-state index < -0.39 is 0 Å². The molecular weight excluding hydrogens is 228 g/mol. The van der Waals surface area contributed by atoms with Crippen molar-refractivity contribution in [3.05, 3.63) is 23.0 Å². The topological polar surface area (TPSA) is 45.3 Å². The molecule has 0 bridgehead atoms. The molecule has 1 aliphatic rings. The van der Waals surface area contributed by atoms with Crippen LogP contribution in [0, 0.1) is 13.8 Å². The third kappa shape index (κ3) is 3.00. The summed E-state index contributed by atoms with van der Waals surface area (Å²) in [5.41, 5.74) is 2.86. The van der Waals surface area contributed by atoms with E-state index in [0.29, 0.717) is 12.6 Å². The predicted octanol–water partition coefficient (Wildman–Crippen LogP) is 1.93. The second-order valence-corrected chi connectivity index (χ2v) is 5.13. The van der Waals surface area contributed by atoms with E-state index in [0.717, 1.165) is 42.9 Å². The van der Waals surface area contributed by atoms with Gasteiger partial charge in [0.25, 0.3) is 0 Å². The number of aromatic amines is 1. The first-order valence-electron chi connectivity index (χ1n) is 6.54. The molecular formula is C14H22N2O2. The Labute approximate surface area is 108 Å². The summed E-state index contributed by atoms with van der Waals surface area (Å²) in [6, 6.07) is 1.94. The molecule has 1 aromatic heterocycles. The van der Waals surface area contributed by atoms with Crippen LogP contribution in [0.4, 0.5) is 0 Å². The van der Waals surface area contributed by atoms with E-state index in [4.69, 9.17) is 4.74 Å². The molecule has 0 unspecified atom stereocenters. The summed E-state index contributed by atoms with van der Waals surface area (Å²) in [5.74, 6) is 0.215. The van der Waals surface area contributed by atoms with Crippen LogP contribution in [0.3, 0.4) is 0 Å². The lowest BCUT2D eigenvalue weighted by Gasteiger charge is -2.30. The number of hydrogen-bond acceptors (Lipinski definition) is 3. The first-order chi connectivity index (χ1) is 8.60. The second-order valence-electron chi connectivity index (χ2n) is 5.13. The van der Waals surface area contributed by atoms with Crippen LogP contribution in [0.15, 0.2) is 6.07 Å². The fraction of sp³-hybridized carbons (Fsp3) is 0.643. The van der Waals surface area contributed by atoms with Crippen molar-refractivity contribution in [3.8, 4) is 0 Å². The molecule has 4 nitrogen and oxygen atoms in total. The quantitative estimate of drug-likeness (QED) is 0.830. The lowest BCUT2D eigenvalue weighted by molar-refractivity contribution is 0.0401. The number of nitrogens with zero attached hydrogens (tertiary/aromatic N) is 1. The lowest BCUT2D eigenvalue weighted by atomic mass is 10.1. The molecule has 0 amide bonds. The molecule has 0 aliphatic carbocycles. The van der Waals surface area contributed by atoms with Crippen molar-refractivity contribution in [2.75, 3.05) is 26.7 Å².